The number of nitrogens with one attached hydrogen (secondary N) is 1. The Morgan fingerprint density at radius 3 is 2.39 bits per heavy atom. The van der Waals surface area contributed by atoms with E-state index in [2.05, 4.69) is 41.4 Å². The van der Waals surface area contributed by atoms with Crippen molar-refractivity contribution in [1.82, 2.24) is 10.2 Å². The van der Waals surface area contributed by atoms with Crippen molar-refractivity contribution in [3.05, 3.63) is 71.3 Å². The van der Waals surface area contributed by atoms with Crippen LogP contribution in [0.25, 0.3) is 0 Å². The molecule has 3 rings (SSSR count). The first-order chi connectivity index (χ1) is 11.1. The van der Waals surface area contributed by atoms with Crippen LogP contribution in [0.5, 0.6) is 0 Å². The molecule has 1 atom stereocenters. The van der Waals surface area contributed by atoms with E-state index >= 15 is 0 Å². The van der Waals surface area contributed by atoms with Crippen molar-refractivity contribution in [2.45, 2.75) is 38.4 Å². The van der Waals surface area contributed by atoms with Crippen LogP contribution in [0.2, 0.25) is 0 Å². The second-order valence-electron chi connectivity index (χ2n) is 6.50. The number of hydrogen-bond acceptors (Lipinski definition) is 2. The fraction of sp³-hybridized carbons (Fsp3) is 0.350. The summed E-state index contributed by atoms with van der Waals surface area (Å²) in [6, 6.07) is 18.7. The lowest BCUT2D eigenvalue weighted by molar-refractivity contribution is -0.126. The van der Waals surface area contributed by atoms with Gasteiger partial charge in [0.1, 0.15) is 6.04 Å². The molecule has 120 valence electrons. The molecular formula is C20H24N2O. The molecular weight excluding hydrogens is 284 g/mol. The summed E-state index contributed by atoms with van der Waals surface area (Å²) in [6.07, 6.45) is 2.21. The van der Waals surface area contributed by atoms with Crippen molar-refractivity contribution in [1.29, 1.82) is 0 Å². The van der Waals surface area contributed by atoms with Crippen LogP contribution in [0.4, 0.5) is 0 Å². The summed E-state index contributed by atoms with van der Waals surface area (Å²) in [7, 11) is 2.02. The third kappa shape index (κ3) is 4.20. The number of likely N-dealkylation sites (N-methyl/N-ethyl adjacent to an activating group) is 1. The average molecular weight is 308 g/mol. The molecule has 1 amide bonds. The molecule has 2 aromatic carbocycles. The lowest BCUT2D eigenvalue weighted by Crippen LogP contribution is -2.39. The highest BCUT2D eigenvalue weighted by molar-refractivity contribution is 5.83. The molecule has 1 fully saturated rings. The summed E-state index contributed by atoms with van der Waals surface area (Å²) in [5, 5.41) is 3.15. The van der Waals surface area contributed by atoms with Crippen molar-refractivity contribution in [2.24, 2.45) is 0 Å². The van der Waals surface area contributed by atoms with Gasteiger partial charge in [0.15, 0.2) is 0 Å². The van der Waals surface area contributed by atoms with E-state index in [1.807, 2.05) is 37.4 Å². The minimum absolute atomic E-state index is 0.105. The zero-order chi connectivity index (χ0) is 16.2. The van der Waals surface area contributed by atoms with Gasteiger partial charge in [-0.3, -0.25) is 9.69 Å². The highest BCUT2D eigenvalue weighted by Crippen LogP contribution is 2.25. The predicted molar refractivity (Wildman–Crippen MR) is 93.0 cm³/mol. The third-order valence-corrected chi connectivity index (χ3v) is 4.28. The monoisotopic (exact) mass is 308 g/mol. The van der Waals surface area contributed by atoms with Crippen molar-refractivity contribution in [2.75, 3.05) is 7.05 Å². The summed E-state index contributed by atoms with van der Waals surface area (Å²) < 4.78 is 0. The molecule has 1 aliphatic carbocycles. The molecule has 1 unspecified atom stereocenters. The third-order valence-electron chi connectivity index (χ3n) is 4.28. The summed E-state index contributed by atoms with van der Waals surface area (Å²) >= 11 is 0. The molecule has 0 heterocycles. The van der Waals surface area contributed by atoms with E-state index in [0.717, 1.165) is 24.9 Å². The maximum atomic E-state index is 12.7. The summed E-state index contributed by atoms with van der Waals surface area (Å²) in [5.74, 6) is 0.105. The summed E-state index contributed by atoms with van der Waals surface area (Å²) in [5.41, 5.74) is 3.51. The smallest absolute Gasteiger partial charge is 0.242 e. The van der Waals surface area contributed by atoms with E-state index in [1.54, 1.807) is 0 Å². The van der Waals surface area contributed by atoms with Gasteiger partial charge in [-0.1, -0.05) is 60.2 Å². The van der Waals surface area contributed by atoms with Crippen molar-refractivity contribution >= 4 is 5.91 Å². The highest BCUT2D eigenvalue weighted by atomic mass is 16.2. The van der Waals surface area contributed by atoms with E-state index in [-0.39, 0.29) is 11.9 Å². The summed E-state index contributed by atoms with van der Waals surface area (Å²) in [4.78, 5) is 14.8. The van der Waals surface area contributed by atoms with Crippen LogP contribution in [0.1, 0.15) is 35.6 Å². The number of rotatable bonds is 6. The number of amides is 1. The van der Waals surface area contributed by atoms with Crippen LogP contribution in [-0.4, -0.2) is 23.9 Å². The van der Waals surface area contributed by atoms with Crippen molar-refractivity contribution in [3.8, 4) is 0 Å². The molecule has 2 aromatic rings. The van der Waals surface area contributed by atoms with Crippen LogP contribution in [0.3, 0.4) is 0 Å². The molecule has 0 aliphatic heterocycles. The Morgan fingerprint density at radius 1 is 1.13 bits per heavy atom. The number of hydrogen-bond donors (Lipinski definition) is 1. The maximum Gasteiger partial charge on any atom is 0.242 e. The van der Waals surface area contributed by atoms with Gasteiger partial charge in [-0.2, -0.15) is 0 Å². The first-order valence-corrected chi connectivity index (χ1v) is 8.24. The maximum absolute atomic E-state index is 12.7. The number of benzene rings is 2. The second kappa shape index (κ2) is 6.97. The molecule has 1 N–H and O–H groups in total. The molecule has 0 aromatic heterocycles. The number of carbonyl (C=O) groups is 1. The normalized spacial score (nSPS) is 15.4. The van der Waals surface area contributed by atoms with E-state index in [9.17, 15) is 4.79 Å². The lowest BCUT2D eigenvalue weighted by atomic mass is 10.0. The molecule has 3 heteroatoms. The van der Waals surface area contributed by atoms with Crippen LogP contribution in [0, 0.1) is 6.92 Å². The zero-order valence-electron chi connectivity index (χ0n) is 13.8. The molecule has 23 heavy (non-hydrogen) atoms. The van der Waals surface area contributed by atoms with Crippen LogP contribution < -0.4 is 5.32 Å². The van der Waals surface area contributed by atoms with Gasteiger partial charge in [0.05, 0.1) is 0 Å². The van der Waals surface area contributed by atoms with Gasteiger partial charge in [-0.15, -0.1) is 0 Å². The molecule has 0 spiro atoms. The Bertz CT molecular complexity index is 647. The fourth-order valence-electron chi connectivity index (χ4n) is 2.82. The molecule has 0 bridgehead atoms. The Hall–Kier alpha value is -2.13. The SMILES string of the molecule is Cc1ccc(CN(C)C(C(=O)NC2CC2)c2ccccc2)cc1. The number of nitrogens with zero attached hydrogens (tertiary/aromatic N) is 1. The number of aryl methyl sites for hydroxylation is 1. The van der Waals surface area contributed by atoms with E-state index in [0.29, 0.717) is 6.04 Å². The van der Waals surface area contributed by atoms with E-state index < -0.39 is 0 Å². The van der Waals surface area contributed by atoms with Crippen LogP contribution in [0.15, 0.2) is 54.6 Å². The van der Waals surface area contributed by atoms with E-state index in [1.165, 1.54) is 11.1 Å². The Labute approximate surface area is 138 Å². The summed E-state index contributed by atoms with van der Waals surface area (Å²) in [6.45, 7) is 2.83. The van der Waals surface area contributed by atoms with E-state index in [4.69, 9.17) is 0 Å². The average Bonchev–Trinajstić information content (AvgIpc) is 3.35. The van der Waals surface area contributed by atoms with Crippen molar-refractivity contribution in [3.63, 3.8) is 0 Å². The van der Waals surface area contributed by atoms with Gasteiger partial charge in [-0.25, -0.2) is 0 Å². The minimum atomic E-state index is -0.252. The Morgan fingerprint density at radius 2 is 1.78 bits per heavy atom. The van der Waals surface area contributed by atoms with Crippen molar-refractivity contribution < 1.29 is 4.79 Å². The van der Waals surface area contributed by atoms with Gasteiger partial charge >= 0.3 is 0 Å². The highest BCUT2D eigenvalue weighted by Gasteiger charge is 2.30. The number of carbonyl (C=O) groups excluding carboxylic acids is 1. The largest absolute Gasteiger partial charge is 0.352 e. The molecule has 1 saturated carbocycles. The first-order valence-electron chi connectivity index (χ1n) is 8.24. The molecule has 0 saturated heterocycles. The zero-order valence-corrected chi connectivity index (χ0v) is 13.8. The standard InChI is InChI=1S/C20H24N2O/c1-15-8-10-16(11-9-15)14-22(2)19(17-6-4-3-5-7-17)20(23)21-18-12-13-18/h3-11,18-19H,12-14H2,1-2H3,(H,21,23). The molecule has 3 nitrogen and oxygen atoms in total. The van der Waals surface area contributed by atoms with Gasteiger partial charge in [0.2, 0.25) is 5.91 Å². The van der Waals surface area contributed by atoms with Gasteiger partial charge < -0.3 is 5.32 Å². The quantitative estimate of drug-likeness (QED) is 0.886. The fourth-order valence-corrected chi connectivity index (χ4v) is 2.82. The van der Waals surface area contributed by atoms with Gasteiger partial charge in [0.25, 0.3) is 0 Å². The lowest BCUT2D eigenvalue weighted by Gasteiger charge is -2.27. The minimum Gasteiger partial charge on any atom is -0.352 e. The van der Waals surface area contributed by atoms with Gasteiger partial charge in [-0.05, 0) is 37.9 Å². The molecule has 0 radical (unpaired) electrons. The Balaban J connectivity index is 1.78. The van der Waals surface area contributed by atoms with Crippen LogP contribution >= 0.6 is 0 Å². The first kappa shape index (κ1) is 15.8. The van der Waals surface area contributed by atoms with Crippen LogP contribution in [-0.2, 0) is 11.3 Å². The second-order valence-corrected chi connectivity index (χ2v) is 6.50. The topological polar surface area (TPSA) is 32.3 Å². The van der Waals surface area contributed by atoms with Gasteiger partial charge in [0, 0.05) is 12.6 Å². The predicted octanol–water partition coefficient (Wildman–Crippen LogP) is 3.45. The Kier molecular flexibility index (Phi) is 4.77. The molecule has 1 aliphatic rings.